The molecular weight excluding hydrogens is 644 g/mol. The Labute approximate surface area is 269 Å². The Morgan fingerprint density at radius 1 is 1.28 bits per heavy atom. The van der Waals surface area contributed by atoms with E-state index in [1.807, 2.05) is 23.1 Å². The van der Waals surface area contributed by atoms with Crippen LogP contribution in [0.5, 0.6) is 5.75 Å². The number of nitrogens with two attached hydrogens (primary N) is 3. The molecule has 250 valence electrons. The number of hydrogen-bond acceptors (Lipinski definition) is 13. The number of nitrogens with zero attached hydrogens (tertiary/aromatic N) is 6. The molecule has 8 N–H and O–H groups in total. The molecule has 0 radical (unpaired) electrons. The maximum Gasteiger partial charge on any atom is 0.418 e. The van der Waals surface area contributed by atoms with Gasteiger partial charge in [-0.1, -0.05) is 11.2 Å². The summed E-state index contributed by atoms with van der Waals surface area (Å²) in [5.41, 5.74) is 17.9. The number of hydroxylamine groups is 2. The molecule has 1 aromatic carbocycles. The maximum absolute atomic E-state index is 13.1. The quantitative estimate of drug-likeness (QED) is 0.0418. The average molecular weight is 681 g/mol. The van der Waals surface area contributed by atoms with Crippen LogP contribution in [0, 0.1) is 0 Å². The number of amides is 2. The molecule has 3 heterocycles. The summed E-state index contributed by atoms with van der Waals surface area (Å²) in [5, 5.41) is 8.49. The van der Waals surface area contributed by atoms with Crippen molar-refractivity contribution in [1.82, 2.24) is 20.3 Å². The van der Waals surface area contributed by atoms with Gasteiger partial charge in [-0.25, -0.2) is 4.98 Å². The van der Waals surface area contributed by atoms with E-state index in [0.29, 0.717) is 43.0 Å². The minimum atomic E-state index is -4.95. The Kier molecular flexibility index (Phi) is 11.0. The minimum absolute atomic E-state index is 0.0331. The van der Waals surface area contributed by atoms with Gasteiger partial charge < -0.3 is 37.0 Å². The fourth-order valence-electron chi connectivity index (χ4n) is 4.67. The van der Waals surface area contributed by atoms with Crippen molar-refractivity contribution in [1.29, 1.82) is 0 Å². The summed E-state index contributed by atoms with van der Waals surface area (Å²) in [5.74, 6) is -0.611. The van der Waals surface area contributed by atoms with E-state index in [1.165, 1.54) is 25.6 Å². The lowest BCUT2D eigenvalue weighted by Gasteiger charge is -2.50. The van der Waals surface area contributed by atoms with Crippen molar-refractivity contribution < 1.29 is 36.4 Å². The molecule has 2 aromatic rings. The van der Waals surface area contributed by atoms with Crippen molar-refractivity contribution in [2.75, 3.05) is 38.6 Å². The van der Waals surface area contributed by atoms with Gasteiger partial charge in [0.2, 0.25) is 0 Å². The van der Waals surface area contributed by atoms with Crippen molar-refractivity contribution >= 4 is 56.7 Å². The molecule has 18 nitrogen and oxygen atoms in total. The lowest BCUT2D eigenvalue weighted by molar-refractivity contribution is -0.218. The van der Waals surface area contributed by atoms with Gasteiger partial charge in [-0.05, 0) is 49.9 Å². The summed E-state index contributed by atoms with van der Waals surface area (Å²) in [6, 6.07) is 4.57. The molecule has 0 unspecified atom stereocenters. The average Bonchev–Trinajstić information content (AvgIpc) is 3.44. The van der Waals surface area contributed by atoms with Crippen LogP contribution in [-0.4, -0.2) is 102 Å². The summed E-state index contributed by atoms with van der Waals surface area (Å²) in [6.45, 7) is 5.45. The molecular formula is C26H36N10O8S2. The van der Waals surface area contributed by atoms with E-state index in [2.05, 4.69) is 29.7 Å². The number of hydrogen-bond donors (Lipinski definition) is 5. The highest BCUT2D eigenvalue weighted by atomic mass is 32.3. The van der Waals surface area contributed by atoms with E-state index in [0.717, 1.165) is 35.3 Å². The zero-order valence-corrected chi connectivity index (χ0v) is 26.8. The number of nitrogens with one attached hydrogen (secondary N) is 1. The van der Waals surface area contributed by atoms with E-state index < -0.39 is 33.8 Å². The van der Waals surface area contributed by atoms with Crippen LogP contribution in [-0.2, 0) is 42.1 Å². The second-order valence-corrected chi connectivity index (χ2v) is 12.5. The number of fused-ring (bicyclic) bond motifs is 1. The third-order valence-electron chi connectivity index (χ3n) is 7.04. The number of oxime groups is 1. The zero-order valence-electron chi connectivity index (χ0n) is 25.2. The third kappa shape index (κ3) is 8.59. The number of carbonyl (C=O) groups is 2. The Bertz CT molecular complexity index is 1630. The molecule has 1 aromatic heterocycles. The molecule has 0 bridgehead atoms. The number of rotatable bonds is 14. The molecule has 0 spiro atoms. The Morgan fingerprint density at radius 3 is 2.74 bits per heavy atom. The van der Waals surface area contributed by atoms with Gasteiger partial charge in [-0.15, -0.1) is 15.6 Å². The normalized spacial score (nSPS) is 18.3. The second kappa shape index (κ2) is 14.7. The number of aromatic nitrogens is 1. The molecule has 20 heteroatoms. The van der Waals surface area contributed by atoms with Gasteiger partial charge in [0, 0.05) is 31.6 Å². The number of thiazole rings is 1. The predicted molar refractivity (Wildman–Crippen MR) is 169 cm³/mol. The molecule has 2 amide bonds. The molecule has 46 heavy (non-hydrogen) atoms. The summed E-state index contributed by atoms with van der Waals surface area (Å²) in [7, 11) is -4.95. The smallest absolute Gasteiger partial charge is 0.418 e. The Hall–Kier alpha value is -4.53. The number of guanidine groups is 1. The van der Waals surface area contributed by atoms with Crippen LogP contribution < -0.4 is 27.3 Å². The highest BCUT2D eigenvalue weighted by Crippen LogP contribution is 2.33. The number of carbonyl (C=O) groups excluding carboxylic acids is 2. The van der Waals surface area contributed by atoms with Crippen LogP contribution >= 0.6 is 11.3 Å². The van der Waals surface area contributed by atoms with Gasteiger partial charge in [0.15, 0.2) is 23.4 Å². The van der Waals surface area contributed by atoms with E-state index in [1.54, 1.807) is 0 Å². The van der Waals surface area contributed by atoms with Crippen LogP contribution in [0.3, 0.4) is 0 Å². The van der Waals surface area contributed by atoms with Crippen LogP contribution in [0.4, 0.5) is 5.13 Å². The lowest BCUT2D eigenvalue weighted by atomic mass is 9.84. The number of ether oxygens (including phenoxy) is 1. The SMILES string of the molecule is CC1(C)[C@H](NC(=O)/C(=N\OCCOc2ccc3c(c2)CCN(C(N)=NCCCN=CN)C3)c2csc(N)n2)C(=O)N1OS(=O)(=O)O. The first-order chi connectivity index (χ1) is 21.8. The fraction of sp³-hybridized carbons (Fsp3) is 0.462. The van der Waals surface area contributed by atoms with Gasteiger partial charge >= 0.3 is 10.4 Å². The largest absolute Gasteiger partial charge is 0.490 e. The third-order valence-corrected chi connectivity index (χ3v) is 8.05. The molecule has 1 fully saturated rings. The molecule has 0 saturated carbocycles. The number of β-lactam (4-membered cyclic amide) rings is 1. The number of aliphatic imine (C=N–C) groups is 2. The summed E-state index contributed by atoms with van der Waals surface area (Å²) in [4.78, 5) is 45.4. The van der Waals surface area contributed by atoms with Crippen LogP contribution in [0.25, 0.3) is 0 Å². The van der Waals surface area contributed by atoms with Crippen LogP contribution in [0.1, 0.15) is 37.1 Å². The van der Waals surface area contributed by atoms with Crippen molar-refractivity contribution in [2.45, 2.75) is 44.8 Å². The molecule has 2 aliphatic heterocycles. The molecule has 4 rings (SSSR count). The van der Waals surface area contributed by atoms with Gasteiger partial charge in [0.25, 0.3) is 11.8 Å². The topological polar surface area (TPSA) is 263 Å². The minimum Gasteiger partial charge on any atom is -0.490 e. The van der Waals surface area contributed by atoms with E-state index in [-0.39, 0.29) is 29.8 Å². The predicted octanol–water partition coefficient (Wildman–Crippen LogP) is -0.585. The molecule has 2 aliphatic rings. The summed E-state index contributed by atoms with van der Waals surface area (Å²) in [6.07, 6.45) is 2.80. The van der Waals surface area contributed by atoms with Crippen molar-refractivity contribution in [2.24, 2.45) is 26.6 Å². The maximum atomic E-state index is 13.1. The lowest BCUT2D eigenvalue weighted by Crippen LogP contribution is -2.76. The number of anilines is 1. The number of benzene rings is 1. The summed E-state index contributed by atoms with van der Waals surface area (Å²) < 4.78 is 41.2. The first kappa shape index (κ1) is 34.3. The van der Waals surface area contributed by atoms with Crippen molar-refractivity contribution in [3.63, 3.8) is 0 Å². The standard InChI is InChI=1S/C26H36N10O8S2/c1-26(2)21(23(38)36(26)44-46(39,40)41)33-22(37)20(19-14-45-25(29)32-19)34-43-11-10-42-18-5-4-17-13-35(9-6-16(17)12-18)24(28)31-8-3-7-30-15-27/h4-5,12,14-15,21H,3,6-11,13H2,1-2H3,(H2,27,30)(H2,28,31)(H2,29,32)(H,33,37)(H,39,40,41)/b34-20-/t21-/m1/s1. The van der Waals surface area contributed by atoms with E-state index in [9.17, 15) is 18.0 Å². The second-order valence-electron chi connectivity index (χ2n) is 10.6. The molecule has 0 aliphatic carbocycles. The van der Waals surface area contributed by atoms with Gasteiger partial charge in [0.1, 0.15) is 24.1 Å². The van der Waals surface area contributed by atoms with Gasteiger partial charge in [0.05, 0.1) is 11.9 Å². The monoisotopic (exact) mass is 680 g/mol. The molecule has 1 atom stereocenters. The zero-order chi connectivity index (χ0) is 33.5. The van der Waals surface area contributed by atoms with Crippen LogP contribution in [0.15, 0.2) is 38.7 Å². The fourth-order valence-corrected chi connectivity index (χ4v) is 5.67. The van der Waals surface area contributed by atoms with Crippen molar-refractivity contribution in [3.8, 4) is 5.75 Å². The Morgan fingerprint density at radius 2 is 2.07 bits per heavy atom. The van der Waals surface area contributed by atoms with Gasteiger partial charge in [-0.3, -0.25) is 24.1 Å². The van der Waals surface area contributed by atoms with Crippen molar-refractivity contribution in [3.05, 3.63) is 40.4 Å². The highest BCUT2D eigenvalue weighted by Gasteiger charge is 2.58. The summed E-state index contributed by atoms with van der Waals surface area (Å²) >= 11 is 1.07. The van der Waals surface area contributed by atoms with Gasteiger partial charge in [-0.2, -0.15) is 13.5 Å². The Balaban J connectivity index is 1.31. The molecule has 1 saturated heterocycles. The number of nitrogen functional groups attached to an aromatic ring is 1. The highest BCUT2D eigenvalue weighted by molar-refractivity contribution is 7.80. The van der Waals surface area contributed by atoms with E-state index in [4.69, 9.17) is 31.3 Å². The first-order valence-electron chi connectivity index (χ1n) is 14.0. The van der Waals surface area contributed by atoms with Crippen LogP contribution in [0.2, 0.25) is 0 Å². The van der Waals surface area contributed by atoms with E-state index >= 15 is 0 Å². The first-order valence-corrected chi connectivity index (χ1v) is 16.3.